The molecule has 1 aromatic rings. The number of nitrogens with zero attached hydrogens (tertiary/aromatic N) is 1. The molecular formula is C10H14Cl2N2. The lowest BCUT2D eigenvalue weighted by Gasteiger charge is -2.19. The second kappa shape index (κ2) is 4.96. The lowest BCUT2D eigenvalue weighted by Crippen LogP contribution is -2.25. The second-order valence-electron chi connectivity index (χ2n) is 3.39. The van der Waals surface area contributed by atoms with Crippen molar-refractivity contribution in [3.05, 3.63) is 28.0 Å². The zero-order chi connectivity index (χ0) is 10.7. The molecule has 0 amide bonds. The van der Waals surface area contributed by atoms with Crippen LogP contribution in [0.5, 0.6) is 0 Å². The fourth-order valence-electron chi connectivity index (χ4n) is 1.51. The Morgan fingerprint density at radius 2 is 2.14 bits per heavy atom. The summed E-state index contributed by atoms with van der Waals surface area (Å²) in [6.45, 7) is 4.03. The maximum Gasteiger partial charge on any atom is 0.0639 e. The van der Waals surface area contributed by atoms with E-state index in [0.717, 1.165) is 12.1 Å². The predicted octanol–water partition coefficient (Wildman–Crippen LogP) is 3.23. The van der Waals surface area contributed by atoms with Gasteiger partial charge in [-0.2, -0.15) is 0 Å². The van der Waals surface area contributed by atoms with Crippen LogP contribution in [-0.2, 0) is 0 Å². The van der Waals surface area contributed by atoms with Gasteiger partial charge in [-0.15, -0.1) is 0 Å². The van der Waals surface area contributed by atoms with Gasteiger partial charge in [-0.1, -0.05) is 30.1 Å². The number of rotatable bonds is 3. The van der Waals surface area contributed by atoms with Crippen molar-refractivity contribution in [2.75, 3.05) is 0 Å². The van der Waals surface area contributed by atoms with Crippen LogP contribution in [0.1, 0.15) is 31.9 Å². The minimum absolute atomic E-state index is 0.0474. The maximum absolute atomic E-state index is 6.04. The number of hydrogen-bond acceptors (Lipinski definition) is 2. The highest BCUT2D eigenvalue weighted by molar-refractivity contribution is 6.34. The van der Waals surface area contributed by atoms with Gasteiger partial charge in [0.1, 0.15) is 0 Å². The quantitative estimate of drug-likeness (QED) is 0.870. The molecule has 0 aliphatic rings. The molecule has 78 valence electrons. The first-order valence-corrected chi connectivity index (χ1v) is 5.38. The molecule has 2 atom stereocenters. The van der Waals surface area contributed by atoms with Crippen molar-refractivity contribution >= 4 is 23.2 Å². The average molecular weight is 233 g/mol. The van der Waals surface area contributed by atoms with Gasteiger partial charge in [-0.05, 0) is 19.4 Å². The zero-order valence-corrected chi connectivity index (χ0v) is 9.81. The smallest absolute Gasteiger partial charge is 0.0639 e. The molecule has 0 fully saturated rings. The first-order valence-electron chi connectivity index (χ1n) is 4.62. The summed E-state index contributed by atoms with van der Waals surface area (Å²) in [4.78, 5) is 4.23. The summed E-state index contributed by atoms with van der Waals surface area (Å²) >= 11 is 11.8. The minimum atomic E-state index is 0.0474. The lowest BCUT2D eigenvalue weighted by atomic mass is 9.95. The summed E-state index contributed by atoms with van der Waals surface area (Å²) in [5, 5.41) is 1.15. The van der Waals surface area contributed by atoms with Crippen molar-refractivity contribution in [1.29, 1.82) is 0 Å². The Hall–Kier alpha value is -0.310. The molecule has 2 N–H and O–H groups in total. The normalized spacial score (nSPS) is 15.2. The SMILES string of the molecule is CCC(c1ncc(Cl)cc1Cl)C(C)N. The number of aromatic nitrogens is 1. The molecule has 0 saturated carbocycles. The van der Waals surface area contributed by atoms with E-state index in [1.165, 1.54) is 0 Å². The summed E-state index contributed by atoms with van der Waals surface area (Å²) in [5.74, 6) is 0.194. The molecule has 0 aliphatic heterocycles. The Morgan fingerprint density at radius 1 is 1.50 bits per heavy atom. The Morgan fingerprint density at radius 3 is 2.57 bits per heavy atom. The number of pyridine rings is 1. The number of nitrogens with two attached hydrogens (primary N) is 1. The van der Waals surface area contributed by atoms with Gasteiger partial charge in [-0.25, -0.2) is 0 Å². The van der Waals surface area contributed by atoms with Crippen LogP contribution in [0, 0.1) is 0 Å². The second-order valence-corrected chi connectivity index (χ2v) is 4.24. The molecule has 4 heteroatoms. The van der Waals surface area contributed by atoms with Gasteiger partial charge in [0.2, 0.25) is 0 Å². The van der Waals surface area contributed by atoms with E-state index in [0.29, 0.717) is 10.0 Å². The first kappa shape index (κ1) is 11.8. The van der Waals surface area contributed by atoms with E-state index in [1.807, 2.05) is 6.92 Å². The van der Waals surface area contributed by atoms with Crippen LogP contribution >= 0.6 is 23.2 Å². The monoisotopic (exact) mass is 232 g/mol. The van der Waals surface area contributed by atoms with Crippen LogP contribution in [0.25, 0.3) is 0 Å². The molecular weight excluding hydrogens is 219 g/mol. The summed E-state index contributed by atoms with van der Waals surface area (Å²) in [5.41, 5.74) is 6.70. The first-order chi connectivity index (χ1) is 6.56. The van der Waals surface area contributed by atoms with E-state index in [2.05, 4.69) is 11.9 Å². The molecule has 1 heterocycles. The highest BCUT2D eigenvalue weighted by atomic mass is 35.5. The van der Waals surface area contributed by atoms with Gasteiger partial charge < -0.3 is 5.73 Å². The van der Waals surface area contributed by atoms with Crippen LogP contribution in [0.3, 0.4) is 0 Å². The third kappa shape index (κ3) is 2.59. The van der Waals surface area contributed by atoms with E-state index in [1.54, 1.807) is 12.3 Å². The fourth-order valence-corrected chi connectivity index (χ4v) is 2.03. The van der Waals surface area contributed by atoms with Gasteiger partial charge in [0, 0.05) is 18.2 Å². The Kier molecular flexibility index (Phi) is 4.17. The van der Waals surface area contributed by atoms with Crippen LogP contribution in [0.2, 0.25) is 10.0 Å². The maximum atomic E-state index is 6.04. The van der Waals surface area contributed by atoms with Crippen molar-refractivity contribution in [1.82, 2.24) is 4.98 Å². The van der Waals surface area contributed by atoms with Crippen molar-refractivity contribution in [2.45, 2.75) is 32.2 Å². The largest absolute Gasteiger partial charge is 0.327 e. The van der Waals surface area contributed by atoms with Gasteiger partial charge in [0.25, 0.3) is 0 Å². The van der Waals surface area contributed by atoms with E-state index < -0.39 is 0 Å². The molecule has 0 bridgehead atoms. The van der Waals surface area contributed by atoms with Crippen molar-refractivity contribution in [2.24, 2.45) is 5.73 Å². The van der Waals surface area contributed by atoms with E-state index in [-0.39, 0.29) is 12.0 Å². The van der Waals surface area contributed by atoms with E-state index >= 15 is 0 Å². The molecule has 1 aromatic heterocycles. The average Bonchev–Trinajstić information content (AvgIpc) is 2.09. The summed E-state index contributed by atoms with van der Waals surface area (Å²) in [7, 11) is 0. The number of halogens is 2. The molecule has 0 aromatic carbocycles. The van der Waals surface area contributed by atoms with E-state index in [4.69, 9.17) is 28.9 Å². The molecule has 0 saturated heterocycles. The molecule has 1 rings (SSSR count). The summed E-state index contributed by atoms with van der Waals surface area (Å²) < 4.78 is 0. The van der Waals surface area contributed by atoms with Gasteiger partial charge >= 0.3 is 0 Å². The van der Waals surface area contributed by atoms with Gasteiger partial charge in [0.15, 0.2) is 0 Å². The standard InChI is InChI=1S/C10H14Cl2N2/c1-3-8(6(2)13)10-9(12)4-7(11)5-14-10/h4-6,8H,3,13H2,1-2H3. The zero-order valence-electron chi connectivity index (χ0n) is 8.30. The molecule has 2 unspecified atom stereocenters. The van der Waals surface area contributed by atoms with E-state index in [9.17, 15) is 0 Å². The molecule has 0 aliphatic carbocycles. The Bertz CT molecular complexity index is 313. The van der Waals surface area contributed by atoms with Crippen molar-refractivity contribution in [3.63, 3.8) is 0 Å². The minimum Gasteiger partial charge on any atom is -0.327 e. The van der Waals surface area contributed by atoms with Crippen LogP contribution in [0.4, 0.5) is 0 Å². The van der Waals surface area contributed by atoms with Gasteiger partial charge in [-0.3, -0.25) is 4.98 Å². The van der Waals surface area contributed by atoms with Crippen LogP contribution < -0.4 is 5.73 Å². The topological polar surface area (TPSA) is 38.9 Å². The third-order valence-corrected chi connectivity index (χ3v) is 2.77. The molecule has 14 heavy (non-hydrogen) atoms. The highest BCUT2D eigenvalue weighted by Crippen LogP contribution is 2.28. The fraction of sp³-hybridized carbons (Fsp3) is 0.500. The van der Waals surface area contributed by atoms with Crippen molar-refractivity contribution < 1.29 is 0 Å². The summed E-state index contributed by atoms with van der Waals surface area (Å²) in [6.07, 6.45) is 2.53. The molecule has 0 spiro atoms. The van der Waals surface area contributed by atoms with Crippen molar-refractivity contribution in [3.8, 4) is 0 Å². The predicted molar refractivity (Wildman–Crippen MR) is 60.9 cm³/mol. The highest BCUT2D eigenvalue weighted by Gasteiger charge is 2.18. The Labute approximate surface area is 94.4 Å². The lowest BCUT2D eigenvalue weighted by molar-refractivity contribution is 0.540. The molecule has 0 radical (unpaired) electrons. The van der Waals surface area contributed by atoms with Crippen LogP contribution in [-0.4, -0.2) is 11.0 Å². The molecule has 2 nitrogen and oxygen atoms in total. The summed E-state index contributed by atoms with van der Waals surface area (Å²) in [6, 6.07) is 1.75. The van der Waals surface area contributed by atoms with Gasteiger partial charge in [0.05, 0.1) is 15.7 Å². The third-order valence-electron chi connectivity index (χ3n) is 2.26. The number of hydrogen-bond donors (Lipinski definition) is 1. The Balaban J connectivity index is 3.04. The van der Waals surface area contributed by atoms with Crippen LogP contribution in [0.15, 0.2) is 12.3 Å².